The Morgan fingerprint density at radius 2 is 2.17 bits per heavy atom. The molecule has 94 valence electrons. The Morgan fingerprint density at radius 1 is 1.33 bits per heavy atom. The van der Waals surface area contributed by atoms with E-state index in [1.807, 2.05) is 24.3 Å². The summed E-state index contributed by atoms with van der Waals surface area (Å²) >= 11 is 0. The Bertz CT molecular complexity index is 515. The summed E-state index contributed by atoms with van der Waals surface area (Å²) in [6.45, 7) is 1.96. The minimum Gasteiger partial charge on any atom is -0.497 e. The number of rotatable bonds is 3. The van der Waals surface area contributed by atoms with Gasteiger partial charge < -0.3 is 14.6 Å². The van der Waals surface area contributed by atoms with Crippen molar-refractivity contribution in [1.82, 2.24) is 15.5 Å². The Morgan fingerprint density at radius 3 is 2.83 bits per heavy atom. The van der Waals surface area contributed by atoms with E-state index in [2.05, 4.69) is 15.5 Å². The second-order valence-corrected chi connectivity index (χ2v) is 4.38. The molecule has 1 atom stereocenters. The van der Waals surface area contributed by atoms with Crippen LogP contribution in [0.4, 0.5) is 0 Å². The van der Waals surface area contributed by atoms with E-state index < -0.39 is 0 Å². The van der Waals surface area contributed by atoms with Crippen LogP contribution in [0, 0.1) is 0 Å². The molecule has 1 saturated heterocycles. The summed E-state index contributed by atoms with van der Waals surface area (Å²) in [5.41, 5.74) is 0.917. The van der Waals surface area contributed by atoms with Crippen molar-refractivity contribution >= 4 is 0 Å². The zero-order valence-corrected chi connectivity index (χ0v) is 10.2. The fraction of sp³-hybridized carbons (Fsp3) is 0.385. The maximum Gasteiger partial charge on any atom is 0.257 e. The normalized spacial score (nSPS) is 19.1. The van der Waals surface area contributed by atoms with Crippen LogP contribution in [0.1, 0.15) is 18.2 Å². The minimum absolute atomic E-state index is 0.376. The van der Waals surface area contributed by atoms with Crippen LogP contribution < -0.4 is 10.1 Å². The minimum atomic E-state index is 0.376. The fourth-order valence-electron chi connectivity index (χ4n) is 2.13. The van der Waals surface area contributed by atoms with Crippen molar-refractivity contribution in [3.05, 3.63) is 30.1 Å². The molecule has 1 aromatic heterocycles. The van der Waals surface area contributed by atoms with E-state index >= 15 is 0 Å². The molecule has 0 spiro atoms. The second kappa shape index (κ2) is 4.78. The van der Waals surface area contributed by atoms with Crippen molar-refractivity contribution in [3.8, 4) is 17.2 Å². The molecule has 2 heterocycles. The number of methoxy groups -OCH3 is 1. The zero-order valence-electron chi connectivity index (χ0n) is 10.2. The van der Waals surface area contributed by atoms with Crippen molar-refractivity contribution in [2.45, 2.75) is 12.3 Å². The molecule has 5 heteroatoms. The summed E-state index contributed by atoms with van der Waals surface area (Å²) in [6, 6.07) is 7.61. The number of ether oxygens (including phenoxy) is 1. The van der Waals surface area contributed by atoms with Crippen LogP contribution in [0.5, 0.6) is 5.75 Å². The number of hydrogen-bond acceptors (Lipinski definition) is 5. The van der Waals surface area contributed by atoms with Crippen LogP contribution >= 0.6 is 0 Å². The number of nitrogens with one attached hydrogen (secondary N) is 1. The number of aromatic nitrogens is 2. The lowest BCUT2D eigenvalue weighted by Crippen LogP contribution is -2.08. The largest absolute Gasteiger partial charge is 0.497 e. The average molecular weight is 245 g/mol. The van der Waals surface area contributed by atoms with Gasteiger partial charge in [-0.15, -0.1) is 0 Å². The first-order chi connectivity index (χ1) is 8.86. The molecule has 3 rings (SSSR count). The van der Waals surface area contributed by atoms with E-state index in [1.54, 1.807) is 7.11 Å². The van der Waals surface area contributed by atoms with Gasteiger partial charge in [-0.2, -0.15) is 4.98 Å². The molecule has 1 fully saturated rings. The Labute approximate surface area is 105 Å². The standard InChI is InChI=1S/C13H15N3O2/c1-17-11-4-2-9(3-5-11)13-15-12(16-18-13)10-6-7-14-8-10/h2-5,10,14H,6-8H2,1H3. The van der Waals surface area contributed by atoms with Crippen molar-refractivity contribution < 1.29 is 9.26 Å². The third-order valence-corrected chi connectivity index (χ3v) is 3.20. The van der Waals surface area contributed by atoms with Gasteiger partial charge in [-0.05, 0) is 37.2 Å². The Balaban J connectivity index is 1.82. The van der Waals surface area contributed by atoms with Crippen molar-refractivity contribution in [2.75, 3.05) is 20.2 Å². The van der Waals surface area contributed by atoms with Gasteiger partial charge >= 0.3 is 0 Å². The van der Waals surface area contributed by atoms with E-state index in [4.69, 9.17) is 9.26 Å². The first kappa shape index (κ1) is 11.2. The monoisotopic (exact) mass is 245 g/mol. The van der Waals surface area contributed by atoms with Crippen LogP contribution in [0.2, 0.25) is 0 Å². The van der Waals surface area contributed by atoms with Crippen LogP contribution in [0.15, 0.2) is 28.8 Å². The third-order valence-electron chi connectivity index (χ3n) is 3.20. The van der Waals surface area contributed by atoms with E-state index in [0.29, 0.717) is 11.8 Å². The number of nitrogens with zero attached hydrogens (tertiary/aromatic N) is 2. The molecule has 2 aromatic rings. The lowest BCUT2D eigenvalue weighted by molar-refractivity contribution is 0.413. The summed E-state index contributed by atoms with van der Waals surface area (Å²) < 4.78 is 10.4. The van der Waals surface area contributed by atoms with E-state index in [-0.39, 0.29) is 0 Å². The highest BCUT2D eigenvalue weighted by Crippen LogP contribution is 2.24. The molecule has 0 bridgehead atoms. The van der Waals surface area contributed by atoms with Gasteiger partial charge in [-0.3, -0.25) is 0 Å². The highest BCUT2D eigenvalue weighted by molar-refractivity contribution is 5.54. The first-order valence-electron chi connectivity index (χ1n) is 6.05. The molecule has 5 nitrogen and oxygen atoms in total. The Hall–Kier alpha value is -1.88. The summed E-state index contributed by atoms with van der Waals surface area (Å²) in [7, 11) is 1.65. The molecular formula is C13H15N3O2. The van der Waals surface area contributed by atoms with Gasteiger partial charge in [0.1, 0.15) is 5.75 Å². The average Bonchev–Trinajstić information content (AvgIpc) is 3.09. The van der Waals surface area contributed by atoms with Crippen LogP contribution in [-0.4, -0.2) is 30.3 Å². The molecule has 1 aliphatic heterocycles. The van der Waals surface area contributed by atoms with Crippen molar-refractivity contribution in [1.29, 1.82) is 0 Å². The summed E-state index contributed by atoms with van der Waals surface area (Å²) in [5.74, 6) is 2.56. The topological polar surface area (TPSA) is 60.2 Å². The molecule has 1 unspecified atom stereocenters. The smallest absolute Gasteiger partial charge is 0.257 e. The van der Waals surface area contributed by atoms with E-state index in [0.717, 1.165) is 36.6 Å². The highest BCUT2D eigenvalue weighted by Gasteiger charge is 2.22. The molecule has 1 aliphatic rings. The van der Waals surface area contributed by atoms with E-state index in [9.17, 15) is 0 Å². The van der Waals surface area contributed by atoms with Gasteiger partial charge in [0.15, 0.2) is 5.82 Å². The lowest BCUT2D eigenvalue weighted by atomic mass is 10.1. The summed E-state index contributed by atoms with van der Waals surface area (Å²) in [6.07, 6.45) is 1.07. The molecule has 0 radical (unpaired) electrons. The summed E-state index contributed by atoms with van der Waals surface area (Å²) in [4.78, 5) is 4.46. The SMILES string of the molecule is COc1ccc(-c2nc(C3CCNC3)no2)cc1. The van der Waals surface area contributed by atoms with Crippen molar-refractivity contribution in [3.63, 3.8) is 0 Å². The van der Waals surface area contributed by atoms with Crippen LogP contribution in [0.25, 0.3) is 11.5 Å². The van der Waals surface area contributed by atoms with Gasteiger partial charge in [0.05, 0.1) is 7.11 Å². The van der Waals surface area contributed by atoms with E-state index in [1.165, 1.54) is 0 Å². The fourth-order valence-corrected chi connectivity index (χ4v) is 2.13. The molecule has 18 heavy (non-hydrogen) atoms. The lowest BCUT2D eigenvalue weighted by Gasteiger charge is -2.00. The Kier molecular flexibility index (Phi) is 2.98. The first-order valence-corrected chi connectivity index (χ1v) is 6.05. The quantitative estimate of drug-likeness (QED) is 0.893. The van der Waals surface area contributed by atoms with Gasteiger partial charge in [-0.25, -0.2) is 0 Å². The molecule has 0 amide bonds. The molecule has 0 aliphatic carbocycles. The van der Waals surface area contributed by atoms with Crippen LogP contribution in [-0.2, 0) is 0 Å². The zero-order chi connectivity index (χ0) is 12.4. The van der Waals surface area contributed by atoms with Crippen molar-refractivity contribution in [2.24, 2.45) is 0 Å². The van der Waals surface area contributed by atoms with Gasteiger partial charge in [0, 0.05) is 18.0 Å². The predicted molar refractivity (Wildman–Crippen MR) is 66.5 cm³/mol. The number of benzene rings is 1. The molecule has 1 aromatic carbocycles. The molecular weight excluding hydrogens is 230 g/mol. The van der Waals surface area contributed by atoms with Gasteiger partial charge in [0.25, 0.3) is 5.89 Å². The molecule has 0 saturated carbocycles. The van der Waals surface area contributed by atoms with Gasteiger partial charge in [-0.1, -0.05) is 5.16 Å². The highest BCUT2D eigenvalue weighted by atomic mass is 16.5. The van der Waals surface area contributed by atoms with Crippen LogP contribution in [0.3, 0.4) is 0 Å². The maximum atomic E-state index is 5.31. The predicted octanol–water partition coefficient (Wildman–Crippen LogP) is 1.82. The second-order valence-electron chi connectivity index (χ2n) is 4.38. The summed E-state index contributed by atoms with van der Waals surface area (Å²) in [5, 5.41) is 7.36. The molecule has 1 N–H and O–H groups in total. The van der Waals surface area contributed by atoms with Gasteiger partial charge in [0.2, 0.25) is 0 Å². The third kappa shape index (κ3) is 2.09. The maximum absolute atomic E-state index is 5.31. The number of hydrogen-bond donors (Lipinski definition) is 1.